The van der Waals surface area contributed by atoms with Crippen LogP contribution in [0.5, 0.6) is 0 Å². The van der Waals surface area contributed by atoms with E-state index >= 15 is 0 Å². The highest BCUT2D eigenvalue weighted by molar-refractivity contribution is 7.89. The van der Waals surface area contributed by atoms with Crippen LogP contribution in [0.15, 0.2) is 29.2 Å². The second-order valence-corrected chi connectivity index (χ2v) is 7.54. The number of sulfonamides is 1. The molecule has 0 radical (unpaired) electrons. The van der Waals surface area contributed by atoms with Gasteiger partial charge in [-0.25, -0.2) is 13.1 Å². The monoisotopic (exact) mass is 312 g/mol. The third kappa shape index (κ3) is 4.51. The Morgan fingerprint density at radius 3 is 2.67 bits per heavy atom. The van der Waals surface area contributed by atoms with Gasteiger partial charge in [-0.3, -0.25) is 0 Å². The zero-order chi connectivity index (χ0) is 15.5. The van der Waals surface area contributed by atoms with Crippen molar-refractivity contribution >= 4 is 10.0 Å². The molecule has 0 spiro atoms. The molecule has 5 nitrogen and oxygen atoms in total. The minimum Gasteiger partial charge on any atom is -0.381 e. The maximum absolute atomic E-state index is 12.3. The van der Waals surface area contributed by atoms with Gasteiger partial charge in [-0.2, -0.15) is 0 Å². The van der Waals surface area contributed by atoms with Gasteiger partial charge in [0.2, 0.25) is 10.0 Å². The first-order chi connectivity index (χ1) is 9.90. The van der Waals surface area contributed by atoms with E-state index in [0.29, 0.717) is 17.5 Å². The molecule has 1 aliphatic rings. The lowest BCUT2D eigenvalue weighted by atomic mass is 9.90. The van der Waals surface area contributed by atoms with E-state index in [1.807, 2.05) is 6.07 Å². The summed E-state index contributed by atoms with van der Waals surface area (Å²) in [6.45, 7) is 4.78. The van der Waals surface area contributed by atoms with E-state index in [-0.39, 0.29) is 12.1 Å². The Kier molecular flexibility index (Phi) is 5.37. The predicted molar refractivity (Wildman–Crippen MR) is 82.6 cm³/mol. The van der Waals surface area contributed by atoms with Crippen molar-refractivity contribution in [3.63, 3.8) is 0 Å². The Balaban J connectivity index is 2.01. The smallest absolute Gasteiger partial charge is 0.240 e. The molecule has 0 amide bonds. The van der Waals surface area contributed by atoms with Crippen LogP contribution in [-0.4, -0.2) is 33.7 Å². The van der Waals surface area contributed by atoms with Crippen LogP contribution < -0.4 is 10.0 Å². The number of benzene rings is 1. The van der Waals surface area contributed by atoms with E-state index in [9.17, 15) is 8.42 Å². The van der Waals surface area contributed by atoms with Gasteiger partial charge in [-0.15, -0.1) is 0 Å². The van der Waals surface area contributed by atoms with Crippen LogP contribution in [0.3, 0.4) is 0 Å². The molecule has 2 rings (SSSR count). The largest absolute Gasteiger partial charge is 0.381 e. The lowest BCUT2D eigenvalue weighted by Crippen LogP contribution is -2.47. The second-order valence-electron chi connectivity index (χ2n) is 5.83. The summed E-state index contributed by atoms with van der Waals surface area (Å²) >= 11 is 0. The zero-order valence-corrected chi connectivity index (χ0v) is 13.6. The fraction of sp³-hybridized carbons (Fsp3) is 0.600. The maximum atomic E-state index is 12.3. The minimum atomic E-state index is -3.45. The molecule has 1 aliphatic carbocycles. The molecule has 0 heterocycles. The second kappa shape index (κ2) is 6.87. The van der Waals surface area contributed by atoms with Crippen LogP contribution in [0.4, 0.5) is 0 Å². The van der Waals surface area contributed by atoms with Crippen LogP contribution >= 0.6 is 0 Å². The summed E-state index contributed by atoms with van der Waals surface area (Å²) in [4.78, 5) is 0.325. The highest BCUT2D eigenvalue weighted by Gasteiger charge is 2.32. The van der Waals surface area contributed by atoms with E-state index in [2.05, 4.69) is 23.9 Å². The molecule has 1 saturated carbocycles. The molecule has 0 aliphatic heterocycles. The molecule has 0 unspecified atom stereocenters. The van der Waals surface area contributed by atoms with Gasteiger partial charge in [-0.1, -0.05) is 26.0 Å². The summed E-state index contributed by atoms with van der Waals surface area (Å²) in [7, 11) is -1.79. The highest BCUT2D eigenvalue weighted by atomic mass is 32.2. The lowest BCUT2D eigenvalue weighted by molar-refractivity contribution is 0.0236. The van der Waals surface area contributed by atoms with Gasteiger partial charge in [0.15, 0.2) is 0 Å². The van der Waals surface area contributed by atoms with Crippen molar-refractivity contribution in [1.29, 1.82) is 0 Å². The Morgan fingerprint density at radius 2 is 2.05 bits per heavy atom. The van der Waals surface area contributed by atoms with Gasteiger partial charge in [-0.05, 0) is 30.5 Å². The van der Waals surface area contributed by atoms with Gasteiger partial charge < -0.3 is 10.1 Å². The molecule has 1 fully saturated rings. The van der Waals surface area contributed by atoms with E-state index in [4.69, 9.17) is 4.74 Å². The lowest BCUT2D eigenvalue weighted by Gasteiger charge is -2.34. The normalized spacial score (nSPS) is 22.3. The molecule has 1 aromatic rings. The molecular formula is C15H24N2O3S. The van der Waals surface area contributed by atoms with Gasteiger partial charge >= 0.3 is 0 Å². The minimum absolute atomic E-state index is 0.0163. The molecule has 0 atom stereocenters. The van der Waals surface area contributed by atoms with Crippen molar-refractivity contribution in [3.8, 4) is 0 Å². The molecule has 0 bridgehead atoms. The van der Waals surface area contributed by atoms with Crippen LogP contribution in [0.2, 0.25) is 0 Å². The number of rotatable bonds is 7. The highest BCUT2D eigenvalue weighted by Crippen LogP contribution is 2.24. The van der Waals surface area contributed by atoms with E-state index in [1.165, 1.54) is 0 Å². The number of hydrogen-bond acceptors (Lipinski definition) is 4. The molecule has 0 saturated heterocycles. The fourth-order valence-electron chi connectivity index (χ4n) is 2.29. The topological polar surface area (TPSA) is 67.4 Å². The van der Waals surface area contributed by atoms with Crippen molar-refractivity contribution < 1.29 is 13.2 Å². The van der Waals surface area contributed by atoms with Gasteiger partial charge in [0.25, 0.3) is 0 Å². The van der Waals surface area contributed by atoms with Crippen molar-refractivity contribution in [2.45, 2.75) is 56.3 Å². The van der Waals surface area contributed by atoms with Gasteiger partial charge in [0, 0.05) is 25.7 Å². The number of hydrogen-bond donors (Lipinski definition) is 2. The summed E-state index contributed by atoms with van der Waals surface area (Å²) in [6, 6.07) is 7.42. The van der Waals surface area contributed by atoms with Crippen LogP contribution in [-0.2, 0) is 21.3 Å². The quantitative estimate of drug-likeness (QED) is 0.803. The Hall–Kier alpha value is -0.950. The number of methoxy groups -OCH3 is 1. The number of ether oxygens (including phenoxy) is 1. The Labute approximate surface area is 127 Å². The van der Waals surface area contributed by atoms with Crippen molar-refractivity contribution in [1.82, 2.24) is 10.0 Å². The third-order valence-electron chi connectivity index (χ3n) is 3.67. The third-order valence-corrected chi connectivity index (χ3v) is 5.19. The SMILES string of the molecule is COC1CC(NS(=O)(=O)c2cccc(CNC(C)C)c2)C1. The zero-order valence-electron chi connectivity index (χ0n) is 12.8. The molecule has 6 heteroatoms. The van der Waals surface area contributed by atoms with Gasteiger partial charge in [0.1, 0.15) is 0 Å². The van der Waals surface area contributed by atoms with Crippen LogP contribution in [0.25, 0.3) is 0 Å². The summed E-state index contributed by atoms with van der Waals surface area (Å²) in [6.07, 6.45) is 1.66. The number of nitrogens with one attached hydrogen (secondary N) is 2. The molecule has 1 aromatic carbocycles. The first kappa shape index (κ1) is 16.4. The Morgan fingerprint density at radius 1 is 1.33 bits per heavy atom. The average molecular weight is 312 g/mol. The summed E-state index contributed by atoms with van der Waals surface area (Å²) in [5, 5.41) is 3.29. The molecule has 118 valence electrons. The van der Waals surface area contributed by atoms with Crippen molar-refractivity contribution in [2.75, 3.05) is 7.11 Å². The van der Waals surface area contributed by atoms with Crippen molar-refractivity contribution in [2.24, 2.45) is 0 Å². The van der Waals surface area contributed by atoms with E-state index < -0.39 is 10.0 Å². The molecular weight excluding hydrogens is 288 g/mol. The Bertz CT molecular complexity index is 566. The molecule has 0 aromatic heterocycles. The summed E-state index contributed by atoms with van der Waals surface area (Å²) in [5.41, 5.74) is 0.968. The summed E-state index contributed by atoms with van der Waals surface area (Å²) < 4.78 is 32.6. The van der Waals surface area contributed by atoms with Crippen LogP contribution in [0.1, 0.15) is 32.3 Å². The van der Waals surface area contributed by atoms with E-state index in [1.54, 1.807) is 25.3 Å². The standard InChI is InChI=1S/C15H24N2O3S/c1-11(2)16-10-12-5-4-6-15(7-12)21(18,19)17-13-8-14(9-13)20-3/h4-7,11,13-14,16-17H,8-10H2,1-3H3. The fourth-order valence-corrected chi connectivity index (χ4v) is 3.62. The average Bonchev–Trinajstić information content (AvgIpc) is 2.40. The van der Waals surface area contributed by atoms with Crippen molar-refractivity contribution in [3.05, 3.63) is 29.8 Å². The van der Waals surface area contributed by atoms with E-state index in [0.717, 1.165) is 18.4 Å². The predicted octanol–water partition coefficient (Wildman–Crippen LogP) is 1.64. The summed E-state index contributed by atoms with van der Waals surface area (Å²) in [5.74, 6) is 0. The molecule has 21 heavy (non-hydrogen) atoms. The molecule has 2 N–H and O–H groups in total. The van der Waals surface area contributed by atoms with Crippen LogP contribution in [0, 0.1) is 0 Å². The maximum Gasteiger partial charge on any atom is 0.240 e. The first-order valence-electron chi connectivity index (χ1n) is 7.28. The first-order valence-corrected chi connectivity index (χ1v) is 8.76. The van der Waals surface area contributed by atoms with Gasteiger partial charge in [0.05, 0.1) is 11.0 Å².